The number of hydrogen-bond acceptors (Lipinski definition) is 4. The molecular formula is C10H23ClN2O2S. The quantitative estimate of drug-likeness (QED) is 0.709. The Kier molecular flexibility index (Phi) is 6.25. The first-order chi connectivity index (χ1) is 6.93. The number of sulfone groups is 1. The molecule has 1 saturated carbocycles. The lowest BCUT2D eigenvalue weighted by atomic mass is 9.96. The summed E-state index contributed by atoms with van der Waals surface area (Å²) < 4.78 is 22.6. The lowest BCUT2D eigenvalue weighted by Gasteiger charge is -2.29. The normalized spacial score (nSPS) is 19.9. The first-order valence-corrected chi connectivity index (χ1v) is 7.41. The van der Waals surface area contributed by atoms with Crippen molar-refractivity contribution in [1.29, 1.82) is 0 Å². The third kappa shape index (κ3) is 4.57. The van der Waals surface area contributed by atoms with E-state index >= 15 is 0 Å². The summed E-state index contributed by atoms with van der Waals surface area (Å²) in [7, 11) is -2.86. The van der Waals surface area contributed by atoms with Crippen molar-refractivity contribution in [1.82, 2.24) is 5.32 Å². The summed E-state index contributed by atoms with van der Waals surface area (Å²) in [5, 5.41) is 3.29. The third-order valence-corrected chi connectivity index (χ3v) is 4.99. The van der Waals surface area contributed by atoms with Gasteiger partial charge in [0.25, 0.3) is 0 Å². The fourth-order valence-electron chi connectivity index (χ4n) is 1.74. The Bertz CT molecular complexity index is 304. The van der Waals surface area contributed by atoms with Crippen molar-refractivity contribution >= 4 is 22.2 Å². The number of halogens is 1. The molecule has 4 nitrogen and oxygen atoms in total. The fourth-order valence-corrected chi connectivity index (χ4v) is 2.44. The minimum Gasteiger partial charge on any atom is -0.329 e. The van der Waals surface area contributed by atoms with Gasteiger partial charge in [0.15, 0.2) is 9.84 Å². The molecule has 0 aromatic heterocycles. The van der Waals surface area contributed by atoms with E-state index < -0.39 is 9.84 Å². The zero-order chi connectivity index (χ0) is 11.5. The van der Waals surface area contributed by atoms with Gasteiger partial charge in [-0.15, -0.1) is 12.4 Å². The SMILES string of the molecule is CCS(=O)(=O)CCNC(C)(CN)C1CC1.Cl. The van der Waals surface area contributed by atoms with Crippen molar-refractivity contribution in [3.63, 3.8) is 0 Å². The average molecular weight is 271 g/mol. The van der Waals surface area contributed by atoms with Crippen LogP contribution in [0.25, 0.3) is 0 Å². The van der Waals surface area contributed by atoms with Gasteiger partial charge in [-0.2, -0.15) is 0 Å². The van der Waals surface area contributed by atoms with Crippen molar-refractivity contribution in [2.75, 3.05) is 24.6 Å². The van der Waals surface area contributed by atoms with Crippen LogP contribution >= 0.6 is 12.4 Å². The molecule has 1 unspecified atom stereocenters. The van der Waals surface area contributed by atoms with E-state index in [1.807, 2.05) is 0 Å². The van der Waals surface area contributed by atoms with Gasteiger partial charge in [-0.25, -0.2) is 8.42 Å². The van der Waals surface area contributed by atoms with Crippen molar-refractivity contribution in [2.24, 2.45) is 11.7 Å². The predicted octanol–water partition coefficient (Wildman–Crippen LogP) is 0.560. The van der Waals surface area contributed by atoms with Crippen LogP contribution in [0.4, 0.5) is 0 Å². The highest BCUT2D eigenvalue weighted by Crippen LogP contribution is 2.38. The van der Waals surface area contributed by atoms with Gasteiger partial charge in [0, 0.05) is 24.4 Å². The summed E-state index contributed by atoms with van der Waals surface area (Å²) in [5.74, 6) is 1.07. The smallest absolute Gasteiger partial charge is 0.151 e. The second-order valence-electron chi connectivity index (χ2n) is 4.56. The van der Waals surface area contributed by atoms with Crippen molar-refractivity contribution in [3.05, 3.63) is 0 Å². The highest BCUT2D eigenvalue weighted by molar-refractivity contribution is 7.91. The second-order valence-corrected chi connectivity index (χ2v) is 7.03. The predicted molar refractivity (Wildman–Crippen MR) is 69.8 cm³/mol. The maximum Gasteiger partial charge on any atom is 0.151 e. The second kappa shape index (κ2) is 6.19. The van der Waals surface area contributed by atoms with E-state index in [-0.39, 0.29) is 29.5 Å². The number of nitrogens with two attached hydrogens (primary N) is 1. The summed E-state index contributed by atoms with van der Waals surface area (Å²) in [5.41, 5.74) is 5.65. The molecule has 1 aliphatic rings. The molecule has 1 fully saturated rings. The molecule has 98 valence electrons. The van der Waals surface area contributed by atoms with Crippen molar-refractivity contribution < 1.29 is 8.42 Å². The summed E-state index contributed by atoms with van der Waals surface area (Å²) in [6, 6.07) is 0. The maximum atomic E-state index is 11.3. The van der Waals surface area contributed by atoms with Crippen molar-refractivity contribution in [3.8, 4) is 0 Å². The molecular weight excluding hydrogens is 248 g/mol. The Morgan fingerprint density at radius 2 is 2.00 bits per heavy atom. The largest absolute Gasteiger partial charge is 0.329 e. The number of rotatable bonds is 7. The topological polar surface area (TPSA) is 72.2 Å². The minimum absolute atomic E-state index is 0. The molecule has 16 heavy (non-hydrogen) atoms. The maximum absolute atomic E-state index is 11.3. The Morgan fingerprint density at radius 3 is 2.38 bits per heavy atom. The Balaban J connectivity index is 0.00000225. The lowest BCUT2D eigenvalue weighted by molar-refractivity contribution is 0.327. The standard InChI is InChI=1S/C10H22N2O2S.ClH/c1-3-15(13,14)7-6-12-10(2,8-11)9-4-5-9;/h9,12H,3-8,11H2,1-2H3;1H. The van der Waals surface area contributed by atoms with E-state index in [0.29, 0.717) is 19.0 Å². The van der Waals surface area contributed by atoms with Crippen LogP contribution in [0, 0.1) is 5.92 Å². The van der Waals surface area contributed by atoms with Gasteiger partial charge in [0.05, 0.1) is 5.75 Å². The lowest BCUT2D eigenvalue weighted by Crippen LogP contribution is -2.51. The molecule has 0 heterocycles. The van der Waals surface area contributed by atoms with E-state index in [2.05, 4.69) is 12.2 Å². The Labute approximate surface area is 105 Å². The molecule has 3 N–H and O–H groups in total. The van der Waals surface area contributed by atoms with Gasteiger partial charge in [-0.3, -0.25) is 0 Å². The third-order valence-electron chi connectivity index (χ3n) is 3.28. The van der Waals surface area contributed by atoms with Crippen LogP contribution in [0.3, 0.4) is 0 Å². The van der Waals surface area contributed by atoms with E-state index in [4.69, 9.17) is 5.73 Å². The molecule has 1 rings (SSSR count). The van der Waals surface area contributed by atoms with Crippen molar-refractivity contribution in [2.45, 2.75) is 32.2 Å². The molecule has 0 aromatic carbocycles. The molecule has 0 saturated heterocycles. The summed E-state index contributed by atoms with van der Waals surface area (Å²) >= 11 is 0. The first kappa shape index (κ1) is 16.2. The molecule has 0 aromatic rings. The van der Waals surface area contributed by atoms with Crippen LogP contribution in [0.1, 0.15) is 26.7 Å². The molecule has 0 spiro atoms. The van der Waals surface area contributed by atoms with Crippen LogP contribution in [0.2, 0.25) is 0 Å². The number of nitrogens with one attached hydrogen (secondary N) is 1. The van der Waals surface area contributed by atoms with Crippen LogP contribution < -0.4 is 11.1 Å². The number of hydrogen-bond donors (Lipinski definition) is 2. The fraction of sp³-hybridized carbons (Fsp3) is 1.00. The minimum atomic E-state index is -2.86. The highest BCUT2D eigenvalue weighted by atomic mass is 35.5. The summed E-state index contributed by atoms with van der Waals surface area (Å²) in [6.45, 7) is 4.85. The summed E-state index contributed by atoms with van der Waals surface area (Å²) in [6.07, 6.45) is 2.42. The molecule has 6 heteroatoms. The Hall–Kier alpha value is 0.160. The van der Waals surface area contributed by atoms with Gasteiger partial charge in [-0.1, -0.05) is 6.92 Å². The average Bonchev–Trinajstić information content (AvgIpc) is 3.01. The van der Waals surface area contributed by atoms with Crippen LogP contribution in [-0.2, 0) is 9.84 Å². The molecule has 0 aliphatic heterocycles. The van der Waals surface area contributed by atoms with Crippen LogP contribution in [-0.4, -0.2) is 38.6 Å². The van der Waals surface area contributed by atoms with E-state index in [1.54, 1.807) is 6.92 Å². The zero-order valence-electron chi connectivity index (χ0n) is 10.0. The van der Waals surface area contributed by atoms with E-state index in [1.165, 1.54) is 12.8 Å². The molecule has 0 bridgehead atoms. The molecule has 0 amide bonds. The van der Waals surface area contributed by atoms with Gasteiger partial charge in [-0.05, 0) is 25.7 Å². The molecule has 1 atom stereocenters. The van der Waals surface area contributed by atoms with Crippen LogP contribution in [0.5, 0.6) is 0 Å². The highest BCUT2D eigenvalue weighted by Gasteiger charge is 2.39. The Morgan fingerprint density at radius 1 is 1.44 bits per heavy atom. The molecule has 1 aliphatic carbocycles. The van der Waals surface area contributed by atoms with Gasteiger partial charge >= 0.3 is 0 Å². The van der Waals surface area contributed by atoms with Crippen LogP contribution in [0.15, 0.2) is 0 Å². The van der Waals surface area contributed by atoms with Gasteiger partial charge in [0.1, 0.15) is 0 Å². The van der Waals surface area contributed by atoms with E-state index in [9.17, 15) is 8.42 Å². The van der Waals surface area contributed by atoms with E-state index in [0.717, 1.165) is 0 Å². The summed E-state index contributed by atoms with van der Waals surface area (Å²) in [4.78, 5) is 0. The monoisotopic (exact) mass is 270 g/mol. The van der Waals surface area contributed by atoms with Gasteiger partial charge < -0.3 is 11.1 Å². The van der Waals surface area contributed by atoms with Gasteiger partial charge in [0.2, 0.25) is 0 Å². The first-order valence-electron chi connectivity index (χ1n) is 5.59. The zero-order valence-corrected chi connectivity index (χ0v) is 11.7. The molecule has 0 radical (unpaired) electrons.